The predicted molar refractivity (Wildman–Crippen MR) is 65.3 cm³/mol. The first-order valence-corrected chi connectivity index (χ1v) is 5.60. The van der Waals surface area contributed by atoms with Gasteiger partial charge in [0.2, 0.25) is 0 Å². The van der Waals surface area contributed by atoms with E-state index in [1.165, 1.54) is 13.2 Å². The molecule has 0 radical (unpaired) electrons. The molecule has 96 valence electrons. The summed E-state index contributed by atoms with van der Waals surface area (Å²) in [7, 11) is 1.45. The van der Waals surface area contributed by atoms with Crippen LogP contribution >= 0.6 is 0 Å². The molecule has 1 atom stereocenters. The van der Waals surface area contributed by atoms with E-state index in [9.17, 15) is 4.39 Å². The Balaban J connectivity index is 2.72. The summed E-state index contributed by atoms with van der Waals surface area (Å²) in [5.74, 6) is -0.118. The Morgan fingerprint density at radius 2 is 1.94 bits per heavy atom. The van der Waals surface area contributed by atoms with Gasteiger partial charge in [-0.3, -0.25) is 4.84 Å². The zero-order chi connectivity index (χ0) is 13.1. The third kappa shape index (κ3) is 4.32. The van der Waals surface area contributed by atoms with Gasteiger partial charge < -0.3 is 4.74 Å². The van der Waals surface area contributed by atoms with Gasteiger partial charge in [0.25, 0.3) is 0 Å². The van der Waals surface area contributed by atoms with Crippen molar-refractivity contribution in [3.63, 3.8) is 0 Å². The largest absolute Gasteiger partial charge is 0.494 e. The Labute approximate surface area is 102 Å². The molecule has 0 amide bonds. The Kier molecular flexibility index (Phi) is 4.48. The van der Waals surface area contributed by atoms with E-state index in [2.05, 4.69) is 5.48 Å². The molecule has 4 heteroatoms. The van der Waals surface area contributed by atoms with Crippen LogP contribution in [0.15, 0.2) is 18.2 Å². The Morgan fingerprint density at radius 1 is 1.29 bits per heavy atom. The zero-order valence-corrected chi connectivity index (χ0v) is 11.0. The highest BCUT2D eigenvalue weighted by Crippen LogP contribution is 2.22. The standard InChI is InChI=1S/C13H20FNO2/c1-9(15-17-13(2,3)4)10-6-7-11(14)12(8-10)16-5/h6-9,15H,1-5H3. The van der Waals surface area contributed by atoms with Crippen LogP contribution in [0.25, 0.3) is 0 Å². The highest BCUT2D eigenvalue weighted by Gasteiger charge is 2.14. The van der Waals surface area contributed by atoms with E-state index < -0.39 is 0 Å². The van der Waals surface area contributed by atoms with Gasteiger partial charge >= 0.3 is 0 Å². The Morgan fingerprint density at radius 3 is 2.47 bits per heavy atom. The summed E-state index contributed by atoms with van der Waals surface area (Å²) >= 11 is 0. The third-order valence-electron chi connectivity index (χ3n) is 2.22. The van der Waals surface area contributed by atoms with Crippen LogP contribution in [0.5, 0.6) is 5.75 Å². The van der Waals surface area contributed by atoms with Gasteiger partial charge in [-0.1, -0.05) is 6.07 Å². The van der Waals surface area contributed by atoms with E-state index in [4.69, 9.17) is 9.57 Å². The minimum absolute atomic E-state index is 0.0382. The molecule has 1 rings (SSSR count). The normalized spacial score (nSPS) is 13.5. The van der Waals surface area contributed by atoms with Gasteiger partial charge in [0, 0.05) is 0 Å². The van der Waals surface area contributed by atoms with Crippen LogP contribution in [-0.2, 0) is 4.84 Å². The van der Waals surface area contributed by atoms with Gasteiger partial charge in [-0.15, -0.1) is 0 Å². The maximum absolute atomic E-state index is 13.2. The van der Waals surface area contributed by atoms with Crippen LogP contribution in [0.2, 0.25) is 0 Å². The number of benzene rings is 1. The minimum atomic E-state index is -0.361. The fourth-order valence-corrected chi connectivity index (χ4v) is 1.28. The van der Waals surface area contributed by atoms with Crippen molar-refractivity contribution in [2.75, 3.05) is 7.11 Å². The van der Waals surface area contributed by atoms with Crippen LogP contribution < -0.4 is 10.2 Å². The van der Waals surface area contributed by atoms with E-state index in [1.54, 1.807) is 12.1 Å². The van der Waals surface area contributed by atoms with Crippen LogP contribution in [0.1, 0.15) is 39.3 Å². The van der Waals surface area contributed by atoms with E-state index in [1.807, 2.05) is 27.7 Å². The molecule has 0 saturated carbocycles. The summed E-state index contributed by atoms with van der Waals surface area (Å²) in [5, 5.41) is 0. The molecule has 0 spiro atoms. The number of nitrogens with one attached hydrogen (secondary N) is 1. The summed E-state index contributed by atoms with van der Waals surface area (Å²) in [6, 6.07) is 4.73. The number of hydroxylamine groups is 1. The van der Waals surface area contributed by atoms with E-state index >= 15 is 0 Å². The quantitative estimate of drug-likeness (QED) is 0.821. The average Bonchev–Trinajstić information content (AvgIpc) is 2.25. The van der Waals surface area contributed by atoms with Crippen molar-refractivity contribution in [2.24, 2.45) is 0 Å². The fraction of sp³-hybridized carbons (Fsp3) is 0.538. The molecule has 0 aliphatic rings. The molecule has 0 aliphatic carbocycles. The lowest BCUT2D eigenvalue weighted by Gasteiger charge is -2.23. The van der Waals surface area contributed by atoms with Crippen LogP contribution in [0, 0.1) is 5.82 Å². The summed E-state index contributed by atoms with van der Waals surface area (Å²) in [5.41, 5.74) is 3.58. The molecule has 0 aliphatic heterocycles. The summed E-state index contributed by atoms with van der Waals surface area (Å²) in [4.78, 5) is 5.46. The monoisotopic (exact) mass is 241 g/mol. The number of ether oxygens (including phenoxy) is 1. The van der Waals surface area contributed by atoms with Crippen molar-refractivity contribution in [2.45, 2.75) is 39.3 Å². The van der Waals surface area contributed by atoms with Crippen molar-refractivity contribution in [1.82, 2.24) is 5.48 Å². The second kappa shape index (κ2) is 5.47. The molecular formula is C13H20FNO2. The number of methoxy groups -OCH3 is 1. The molecule has 3 nitrogen and oxygen atoms in total. The van der Waals surface area contributed by atoms with Crippen molar-refractivity contribution in [3.8, 4) is 5.75 Å². The number of hydrogen-bond donors (Lipinski definition) is 1. The van der Waals surface area contributed by atoms with Gasteiger partial charge in [0.1, 0.15) is 0 Å². The zero-order valence-electron chi connectivity index (χ0n) is 11.0. The van der Waals surface area contributed by atoms with Crippen molar-refractivity contribution in [1.29, 1.82) is 0 Å². The number of halogens is 1. The van der Waals surface area contributed by atoms with Crippen LogP contribution in [0.4, 0.5) is 4.39 Å². The topological polar surface area (TPSA) is 30.5 Å². The second-order valence-electron chi connectivity index (χ2n) is 4.95. The molecule has 0 fully saturated rings. The molecule has 1 aromatic rings. The second-order valence-corrected chi connectivity index (χ2v) is 4.95. The minimum Gasteiger partial charge on any atom is -0.494 e. The third-order valence-corrected chi connectivity index (χ3v) is 2.22. The van der Waals surface area contributed by atoms with Crippen LogP contribution in [0.3, 0.4) is 0 Å². The fourth-order valence-electron chi connectivity index (χ4n) is 1.28. The Bertz CT molecular complexity index is 374. The summed E-state index contributed by atoms with van der Waals surface area (Å²) < 4.78 is 18.2. The molecule has 1 N–H and O–H groups in total. The van der Waals surface area contributed by atoms with Crippen molar-refractivity contribution in [3.05, 3.63) is 29.6 Å². The molecule has 0 bridgehead atoms. The lowest BCUT2D eigenvalue weighted by atomic mass is 10.1. The van der Waals surface area contributed by atoms with Gasteiger partial charge in [-0.05, 0) is 45.4 Å². The lowest BCUT2D eigenvalue weighted by Crippen LogP contribution is -2.31. The van der Waals surface area contributed by atoms with Crippen molar-refractivity contribution < 1.29 is 14.0 Å². The Hall–Kier alpha value is -1.13. The summed E-state index contributed by atoms with van der Waals surface area (Å²) in [6.07, 6.45) is 0. The highest BCUT2D eigenvalue weighted by molar-refractivity contribution is 5.31. The molecular weight excluding hydrogens is 221 g/mol. The van der Waals surface area contributed by atoms with Crippen LogP contribution in [-0.4, -0.2) is 12.7 Å². The first-order valence-electron chi connectivity index (χ1n) is 5.60. The van der Waals surface area contributed by atoms with Crippen molar-refractivity contribution >= 4 is 0 Å². The maximum atomic E-state index is 13.2. The molecule has 0 heterocycles. The van der Waals surface area contributed by atoms with Gasteiger partial charge in [-0.25, -0.2) is 4.39 Å². The number of rotatable bonds is 4. The first-order chi connectivity index (χ1) is 7.83. The number of hydrogen-bond acceptors (Lipinski definition) is 3. The van der Waals surface area contributed by atoms with E-state index in [-0.39, 0.29) is 23.2 Å². The van der Waals surface area contributed by atoms with Gasteiger partial charge in [0.15, 0.2) is 11.6 Å². The first kappa shape index (κ1) is 13.9. The molecule has 1 aromatic carbocycles. The highest BCUT2D eigenvalue weighted by atomic mass is 19.1. The van der Waals surface area contributed by atoms with Gasteiger partial charge in [-0.2, -0.15) is 5.48 Å². The van der Waals surface area contributed by atoms with E-state index in [0.717, 1.165) is 5.56 Å². The van der Waals surface area contributed by atoms with E-state index in [0.29, 0.717) is 0 Å². The molecule has 17 heavy (non-hydrogen) atoms. The smallest absolute Gasteiger partial charge is 0.165 e. The summed E-state index contributed by atoms with van der Waals surface area (Å²) in [6.45, 7) is 7.81. The van der Waals surface area contributed by atoms with Gasteiger partial charge in [0.05, 0.1) is 18.8 Å². The predicted octanol–water partition coefficient (Wildman–Crippen LogP) is 3.22. The molecule has 0 aromatic heterocycles. The SMILES string of the molecule is COc1cc(C(C)NOC(C)(C)C)ccc1F. The lowest BCUT2D eigenvalue weighted by molar-refractivity contribution is -0.0866. The maximum Gasteiger partial charge on any atom is 0.165 e. The average molecular weight is 241 g/mol. The molecule has 1 unspecified atom stereocenters. The molecule has 0 saturated heterocycles.